The zero-order valence-electron chi connectivity index (χ0n) is 15.6. The van der Waals surface area contributed by atoms with E-state index in [0.717, 1.165) is 18.9 Å². The van der Waals surface area contributed by atoms with Crippen molar-refractivity contribution in [2.75, 3.05) is 20.2 Å². The molecule has 1 N–H and O–H groups in total. The van der Waals surface area contributed by atoms with Crippen LogP contribution in [0.25, 0.3) is 0 Å². The lowest BCUT2D eigenvalue weighted by Gasteiger charge is -2.43. The summed E-state index contributed by atoms with van der Waals surface area (Å²) < 4.78 is 43.6. The highest BCUT2D eigenvalue weighted by Gasteiger charge is 2.44. The monoisotopic (exact) mass is 386 g/mol. The number of methoxy groups -OCH3 is 1. The molecule has 0 spiro atoms. The highest BCUT2D eigenvalue weighted by Crippen LogP contribution is 2.39. The molecule has 8 heteroatoms. The normalized spacial score (nSPS) is 26.6. The zero-order chi connectivity index (χ0) is 19.8. The van der Waals surface area contributed by atoms with Crippen molar-refractivity contribution in [2.45, 2.75) is 50.8 Å². The summed E-state index contributed by atoms with van der Waals surface area (Å²) >= 11 is 0. The molecular formula is C19H25F3N2O3. The predicted molar refractivity (Wildman–Crippen MR) is 92.1 cm³/mol. The lowest BCUT2D eigenvalue weighted by atomic mass is 9.71. The van der Waals surface area contributed by atoms with Gasteiger partial charge < -0.3 is 14.7 Å². The first-order valence-corrected chi connectivity index (χ1v) is 9.21. The van der Waals surface area contributed by atoms with Crippen LogP contribution in [0.1, 0.15) is 43.9 Å². The fourth-order valence-electron chi connectivity index (χ4n) is 4.05. The summed E-state index contributed by atoms with van der Waals surface area (Å²) in [4.78, 5) is 18.3. The molecule has 150 valence electrons. The van der Waals surface area contributed by atoms with Crippen LogP contribution in [0.5, 0.6) is 5.88 Å². The third kappa shape index (κ3) is 4.54. The number of ether oxygens (including phenoxy) is 1. The Bertz CT molecular complexity index is 690. The second-order valence-electron chi connectivity index (χ2n) is 7.93. The Labute approximate surface area is 156 Å². The van der Waals surface area contributed by atoms with Gasteiger partial charge in [-0.1, -0.05) is 0 Å². The number of pyridine rings is 1. The molecule has 0 radical (unpaired) electrons. The predicted octanol–water partition coefficient (Wildman–Crippen LogP) is 3.05. The fraction of sp³-hybridized carbons (Fsp3) is 0.684. The molecule has 3 rings (SSSR count). The summed E-state index contributed by atoms with van der Waals surface area (Å²) in [6, 6.07) is 2.42. The van der Waals surface area contributed by atoms with E-state index in [9.17, 15) is 23.1 Å². The van der Waals surface area contributed by atoms with Crippen LogP contribution in [-0.2, 0) is 17.4 Å². The molecule has 1 aliphatic heterocycles. The van der Waals surface area contributed by atoms with Gasteiger partial charge in [-0.25, -0.2) is 4.98 Å². The van der Waals surface area contributed by atoms with E-state index in [2.05, 4.69) is 4.98 Å². The first kappa shape index (κ1) is 19.9. The van der Waals surface area contributed by atoms with Gasteiger partial charge in [0.2, 0.25) is 11.8 Å². The van der Waals surface area contributed by atoms with Gasteiger partial charge in [-0.05, 0) is 57.1 Å². The molecule has 2 heterocycles. The van der Waals surface area contributed by atoms with Gasteiger partial charge in [-0.3, -0.25) is 4.79 Å². The van der Waals surface area contributed by atoms with E-state index >= 15 is 0 Å². The molecule has 5 nitrogen and oxygen atoms in total. The third-order valence-electron chi connectivity index (χ3n) is 5.56. The summed E-state index contributed by atoms with van der Waals surface area (Å²) in [7, 11) is 1.18. The molecule has 2 aliphatic rings. The third-order valence-corrected chi connectivity index (χ3v) is 5.56. The number of amides is 1. The molecule has 1 saturated carbocycles. The summed E-state index contributed by atoms with van der Waals surface area (Å²) in [5.74, 6) is -0.108. The van der Waals surface area contributed by atoms with Crippen LogP contribution in [0.2, 0.25) is 0 Å². The number of piperidine rings is 1. The molecule has 0 aromatic carbocycles. The Kier molecular flexibility index (Phi) is 5.38. The molecule has 1 amide bonds. The van der Waals surface area contributed by atoms with Crippen LogP contribution < -0.4 is 4.74 Å². The minimum absolute atomic E-state index is 0.0857. The van der Waals surface area contributed by atoms with E-state index in [-0.39, 0.29) is 17.7 Å². The molecule has 1 aromatic heterocycles. The number of halogens is 3. The molecule has 1 aliphatic carbocycles. The zero-order valence-corrected chi connectivity index (χ0v) is 15.6. The SMILES string of the molecule is COc1nc(CC2CCN(C(=O)C3CC(C)(O)C3)CC2)ccc1C(F)(F)F. The number of carbonyl (C=O) groups excluding carboxylic acids is 1. The van der Waals surface area contributed by atoms with Crippen LogP contribution in [0.3, 0.4) is 0 Å². The van der Waals surface area contributed by atoms with Gasteiger partial charge in [-0.2, -0.15) is 13.2 Å². The van der Waals surface area contributed by atoms with Crippen LogP contribution in [0.15, 0.2) is 12.1 Å². The van der Waals surface area contributed by atoms with Crippen molar-refractivity contribution in [2.24, 2.45) is 11.8 Å². The van der Waals surface area contributed by atoms with Gasteiger partial charge in [-0.15, -0.1) is 0 Å². The van der Waals surface area contributed by atoms with Gasteiger partial charge in [0.05, 0.1) is 12.7 Å². The highest BCUT2D eigenvalue weighted by molar-refractivity contribution is 5.80. The van der Waals surface area contributed by atoms with E-state index in [4.69, 9.17) is 4.74 Å². The average molecular weight is 386 g/mol. The van der Waals surface area contributed by atoms with Gasteiger partial charge in [0.1, 0.15) is 5.56 Å². The number of hydrogen-bond acceptors (Lipinski definition) is 4. The standard InChI is InChI=1S/C19H25F3N2O3/c1-18(26)10-13(11-18)17(25)24-7-5-12(6-8-24)9-14-3-4-15(19(20,21)22)16(23-14)27-2/h3-4,12-13,26H,5-11H2,1-2H3. The van der Waals surface area contributed by atoms with Crippen LogP contribution >= 0.6 is 0 Å². The maximum absolute atomic E-state index is 12.9. The Balaban J connectivity index is 1.54. The summed E-state index contributed by atoms with van der Waals surface area (Å²) in [5.41, 5.74) is -1.02. The summed E-state index contributed by atoms with van der Waals surface area (Å²) in [6.45, 7) is 3.02. The first-order chi connectivity index (χ1) is 12.6. The topological polar surface area (TPSA) is 62.7 Å². The average Bonchev–Trinajstić information content (AvgIpc) is 2.58. The number of carbonyl (C=O) groups is 1. The van der Waals surface area contributed by atoms with Crippen molar-refractivity contribution in [3.63, 3.8) is 0 Å². The largest absolute Gasteiger partial charge is 0.481 e. The van der Waals surface area contributed by atoms with E-state index in [1.807, 2.05) is 4.90 Å². The second kappa shape index (κ2) is 7.30. The molecule has 1 saturated heterocycles. The number of hydrogen-bond donors (Lipinski definition) is 1. The maximum Gasteiger partial charge on any atom is 0.421 e. The second-order valence-corrected chi connectivity index (χ2v) is 7.93. The number of alkyl halides is 3. The van der Waals surface area contributed by atoms with Crippen molar-refractivity contribution < 1.29 is 27.8 Å². The minimum atomic E-state index is -4.49. The minimum Gasteiger partial charge on any atom is -0.481 e. The number of nitrogens with zero attached hydrogens (tertiary/aromatic N) is 2. The van der Waals surface area contributed by atoms with Crippen molar-refractivity contribution in [1.29, 1.82) is 0 Å². The molecule has 27 heavy (non-hydrogen) atoms. The van der Waals surface area contributed by atoms with E-state index in [1.54, 1.807) is 6.92 Å². The molecular weight excluding hydrogens is 361 g/mol. The van der Waals surface area contributed by atoms with Crippen molar-refractivity contribution >= 4 is 5.91 Å². The number of aromatic nitrogens is 1. The molecule has 0 atom stereocenters. The number of likely N-dealkylation sites (tertiary alicyclic amines) is 1. The lowest BCUT2D eigenvalue weighted by molar-refractivity contribution is -0.151. The summed E-state index contributed by atoms with van der Waals surface area (Å²) in [6.07, 6.45) is -1.31. The molecule has 2 fully saturated rings. The van der Waals surface area contributed by atoms with Gasteiger partial charge in [0, 0.05) is 24.7 Å². The first-order valence-electron chi connectivity index (χ1n) is 9.21. The van der Waals surface area contributed by atoms with Crippen LogP contribution in [0, 0.1) is 11.8 Å². The molecule has 0 unspecified atom stereocenters. The smallest absolute Gasteiger partial charge is 0.421 e. The van der Waals surface area contributed by atoms with Gasteiger partial charge in [0.15, 0.2) is 0 Å². The van der Waals surface area contributed by atoms with Gasteiger partial charge >= 0.3 is 6.18 Å². The van der Waals surface area contributed by atoms with E-state index < -0.39 is 23.2 Å². The van der Waals surface area contributed by atoms with Crippen LogP contribution in [-0.4, -0.2) is 46.7 Å². The maximum atomic E-state index is 12.9. The lowest BCUT2D eigenvalue weighted by Crippen LogP contribution is -2.51. The van der Waals surface area contributed by atoms with Crippen LogP contribution in [0.4, 0.5) is 13.2 Å². The van der Waals surface area contributed by atoms with Crippen molar-refractivity contribution in [3.05, 3.63) is 23.4 Å². The Morgan fingerprint density at radius 1 is 1.33 bits per heavy atom. The fourth-order valence-corrected chi connectivity index (χ4v) is 4.05. The quantitative estimate of drug-likeness (QED) is 0.864. The Hall–Kier alpha value is -1.83. The molecule has 0 bridgehead atoms. The Morgan fingerprint density at radius 3 is 2.48 bits per heavy atom. The molecule has 1 aromatic rings. The van der Waals surface area contributed by atoms with Crippen molar-refractivity contribution in [3.8, 4) is 5.88 Å². The number of rotatable bonds is 4. The Morgan fingerprint density at radius 2 is 1.96 bits per heavy atom. The van der Waals surface area contributed by atoms with E-state index in [0.29, 0.717) is 38.0 Å². The van der Waals surface area contributed by atoms with Crippen molar-refractivity contribution in [1.82, 2.24) is 9.88 Å². The van der Waals surface area contributed by atoms with Gasteiger partial charge in [0.25, 0.3) is 0 Å². The summed E-state index contributed by atoms with van der Waals surface area (Å²) in [5, 5.41) is 9.79. The number of aliphatic hydroxyl groups is 1. The highest BCUT2D eigenvalue weighted by atomic mass is 19.4. The van der Waals surface area contributed by atoms with E-state index in [1.165, 1.54) is 13.2 Å².